The molecule has 1 aliphatic heterocycles. The van der Waals surface area contributed by atoms with E-state index in [1.807, 2.05) is 4.90 Å². The first-order valence-corrected chi connectivity index (χ1v) is 7.90. The number of carbonyl (C=O) groups is 1. The van der Waals surface area contributed by atoms with Crippen molar-refractivity contribution < 1.29 is 13.6 Å². The van der Waals surface area contributed by atoms with Gasteiger partial charge < -0.3 is 4.90 Å². The zero-order valence-electron chi connectivity index (χ0n) is 12.1. The van der Waals surface area contributed by atoms with Gasteiger partial charge in [-0.1, -0.05) is 11.3 Å². The summed E-state index contributed by atoms with van der Waals surface area (Å²) in [5.74, 6) is -0.910. The molecule has 22 heavy (non-hydrogen) atoms. The van der Waals surface area contributed by atoms with Crippen LogP contribution >= 0.6 is 11.3 Å². The van der Waals surface area contributed by atoms with Crippen molar-refractivity contribution >= 4 is 17.2 Å². The van der Waals surface area contributed by atoms with E-state index in [4.69, 9.17) is 0 Å². The van der Waals surface area contributed by atoms with E-state index >= 15 is 0 Å². The van der Waals surface area contributed by atoms with Gasteiger partial charge in [0.2, 0.25) is 5.91 Å². The van der Waals surface area contributed by atoms with Gasteiger partial charge in [0.05, 0.1) is 0 Å². The van der Waals surface area contributed by atoms with Crippen LogP contribution in [-0.4, -0.2) is 34.1 Å². The van der Waals surface area contributed by atoms with Gasteiger partial charge in [0.25, 0.3) is 0 Å². The van der Waals surface area contributed by atoms with Crippen LogP contribution in [0.1, 0.15) is 30.7 Å². The van der Waals surface area contributed by atoms with Gasteiger partial charge in [-0.2, -0.15) is 0 Å². The summed E-state index contributed by atoms with van der Waals surface area (Å²) in [6, 6.07) is 3.44. The molecule has 1 saturated heterocycles. The standard InChI is InChI=1S/C15H15F2N3OS/c1-9(21)20-6-4-10(5-7-20)14-18-19-15(22-14)12-3-2-11(16)8-13(12)17/h2-3,8,10H,4-7H2,1H3. The molecule has 0 bridgehead atoms. The highest BCUT2D eigenvalue weighted by Gasteiger charge is 2.25. The number of piperidine rings is 1. The third kappa shape index (κ3) is 2.99. The van der Waals surface area contributed by atoms with Crippen LogP contribution in [0, 0.1) is 11.6 Å². The van der Waals surface area contributed by atoms with Gasteiger partial charge in [0.1, 0.15) is 16.6 Å². The molecule has 1 aliphatic rings. The summed E-state index contributed by atoms with van der Waals surface area (Å²) < 4.78 is 26.7. The maximum absolute atomic E-state index is 13.8. The second-order valence-electron chi connectivity index (χ2n) is 5.35. The predicted molar refractivity (Wildman–Crippen MR) is 79.5 cm³/mol. The fraction of sp³-hybridized carbons (Fsp3) is 0.400. The van der Waals surface area contributed by atoms with Gasteiger partial charge in [-0.15, -0.1) is 10.2 Å². The Morgan fingerprint density at radius 3 is 2.64 bits per heavy atom. The number of benzene rings is 1. The fourth-order valence-electron chi connectivity index (χ4n) is 2.61. The van der Waals surface area contributed by atoms with E-state index < -0.39 is 11.6 Å². The number of amides is 1. The summed E-state index contributed by atoms with van der Waals surface area (Å²) in [7, 11) is 0. The van der Waals surface area contributed by atoms with Gasteiger partial charge in [-0.3, -0.25) is 4.79 Å². The van der Waals surface area contributed by atoms with Crippen LogP contribution in [0.4, 0.5) is 8.78 Å². The van der Waals surface area contributed by atoms with Crippen LogP contribution in [0.15, 0.2) is 18.2 Å². The lowest BCUT2D eigenvalue weighted by molar-refractivity contribution is -0.129. The molecule has 2 aromatic rings. The lowest BCUT2D eigenvalue weighted by Gasteiger charge is -2.29. The molecule has 1 fully saturated rings. The van der Waals surface area contributed by atoms with E-state index in [1.54, 1.807) is 6.92 Å². The molecule has 4 nitrogen and oxygen atoms in total. The second-order valence-corrected chi connectivity index (χ2v) is 6.36. The monoisotopic (exact) mass is 323 g/mol. The fourth-order valence-corrected chi connectivity index (χ4v) is 3.65. The van der Waals surface area contributed by atoms with Crippen LogP contribution in [0.2, 0.25) is 0 Å². The Kier molecular flexibility index (Phi) is 4.15. The van der Waals surface area contributed by atoms with Crippen molar-refractivity contribution in [3.05, 3.63) is 34.8 Å². The summed E-state index contributed by atoms with van der Waals surface area (Å²) in [5.41, 5.74) is 0.270. The maximum atomic E-state index is 13.8. The molecule has 0 atom stereocenters. The molecule has 2 heterocycles. The molecule has 0 spiro atoms. The van der Waals surface area contributed by atoms with Gasteiger partial charge in [-0.05, 0) is 25.0 Å². The first-order chi connectivity index (χ1) is 10.5. The molecule has 7 heteroatoms. The molecule has 0 N–H and O–H groups in total. The zero-order chi connectivity index (χ0) is 15.7. The van der Waals surface area contributed by atoms with Crippen molar-refractivity contribution in [3.63, 3.8) is 0 Å². The number of hydrogen-bond acceptors (Lipinski definition) is 4. The molecular formula is C15H15F2N3OS. The van der Waals surface area contributed by atoms with E-state index in [2.05, 4.69) is 10.2 Å². The highest BCUT2D eigenvalue weighted by molar-refractivity contribution is 7.14. The molecular weight excluding hydrogens is 308 g/mol. The van der Waals surface area contributed by atoms with Gasteiger partial charge in [-0.25, -0.2) is 8.78 Å². The first-order valence-electron chi connectivity index (χ1n) is 7.09. The van der Waals surface area contributed by atoms with E-state index in [0.29, 0.717) is 18.1 Å². The van der Waals surface area contributed by atoms with Crippen molar-refractivity contribution in [3.8, 4) is 10.6 Å². The van der Waals surface area contributed by atoms with Crippen LogP contribution in [-0.2, 0) is 4.79 Å². The topological polar surface area (TPSA) is 46.1 Å². The minimum absolute atomic E-state index is 0.0878. The number of nitrogens with zero attached hydrogens (tertiary/aromatic N) is 3. The minimum atomic E-state index is -0.630. The minimum Gasteiger partial charge on any atom is -0.343 e. The van der Waals surface area contributed by atoms with Crippen molar-refractivity contribution in [1.29, 1.82) is 0 Å². The molecule has 3 rings (SSSR count). The zero-order valence-corrected chi connectivity index (χ0v) is 12.9. The Bertz CT molecular complexity index is 696. The Balaban J connectivity index is 1.76. The van der Waals surface area contributed by atoms with Gasteiger partial charge >= 0.3 is 0 Å². The quantitative estimate of drug-likeness (QED) is 0.852. The molecule has 1 aromatic carbocycles. The van der Waals surface area contributed by atoms with E-state index in [9.17, 15) is 13.6 Å². The molecule has 0 unspecified atom stereocenters. The summed E-state index contributed by atoms with van der Waals surface area (Å²) in [6.07, 6.45) is 1.67. The largest absolute Gasteiger partial charge is 0.343 e. The summed E-state index contributed by atoms with van der Waals surface area (Å²) in [6.45, 7) is 2.99. The Labute approximate surface area is 130 Å². The lowest BCUT2D eigenvalue weighted by Crippen LogP contribution is -2.36. The van der Waals surface area contributed by atoms with Crippen LogP contribution in [0.3, 0.4) is 0 Å². The van der Waals surface area contributed by atoms with Crippen LogP contribution < -0.4 is 0 Å². The molecule has 0 aliphatic carbocycles. The number of halogens is 2. The number of carbonyl (C=O) groups excluding carboxylic acids is 1. The van der Waals surface area contributed by atoms with E-state index in [1.165, 1.54) is 23.5 Å². The molecule has 0 radical (unpaired) electrons. The number of rotatable bonds is 2. The smallest absolute Gasteiger partial charge is 0.219 e. The molecule has 0 saturated carbocycles. The van der Waals surface area contributed by atoms with Gasteiger partial charge in [0.15, 0.2) is 5.01 Å². The first kappa shape index (κ1) is 15.0. The average molecular weight is 323 g/mol. The number of aromatic nitrogens is 2. The molecule has 1 amide bonds. The van der Waals surface area contributed by atoms with Crippen molar-refractivity contribution in [1.82, 2.24) is 15.1 Å². The summed E-state index contributed by atoms with van der Waals surface area (Å²) >= 11 is 1.33. The number of hydrogen-bond donors (Lipinski definition) is 0. The summed E-state index contributed by atoms with van der Waals surface area (Å²) in [4.78, 5) is 13.1. The highest BCUT2D eigenvalue weighted by atomic mass is 32.1. The van der Waals surface area contributed by atoms with Gasteiger partial charge in [0, 0.05) is 37.6 Å². The van der Waals surface area contributed by atoms with Crippen LogP contribution in [0.25, 0.3) is 10.6 Å². The second kappa shape index (κ2) is 6.08. The Morgan fingerprint density at radius 1 is 1.27 bits per heavy atom. The third-order valence-corrected chi connectivity index (χ3v) is 5.01. The Hall–Kier alpha value is -1.89. The molecule has 1 aromatic heterocycles. The SMILES string of the molecule is CC(=O)N1CCC(c2nnc(-c3ccc(F)cc3F)s2)CC1. The van der Waals surface area contributed by atoms with Crippen molar-refractivity contribution in [2.24, 2.45) is 0 Å². The van der Waals surface area contributed by atoms with Crippen LogP contribution in [0.5, 0.6) is 0 Å². The molecule has 116 valence electrons. The number of likely N-dealkylation sites (tertiary alicyclic amines) is 1. The predicted octanol–water partition coefficient (Wildman–Crippen LogP) is 3.21. The maximum Gasteiger partial charge on any atom is 0.219 e. The van der Waals surface area contributed by atoms with Crippen molar-refractivity contribution in [2.75, 3.05) is 13.1 Å². The van der Waals surface area contributed by atoms with E-state index in [-0.39, 0.29) is 17.4 Å². The summed E-state index contributed by atoms with van der Waals surface area (Å²) in [5, 5.41) is 9.49. The average Bonchev–Trinajstić information content (AvgIpc) is 2.97. The normalized spacial score (nSPS) is 16.0. The Morgan fingerprint density at radius 2 is 2.00 bits per heavy atom. The lowest BCUT2D eigenvalue weighted by atomic mass is 9.98. The third-order valence-electron chi connectivity index (χ3n) is 3.89. The van der Waals surface area contributed by atoms with E-state index in [0.717, 1.165) is 23.9 Å². The highest BCUT2D eigenvalue weighted by Crippen LogP contribution is 2.34. The van der Waals surface area contributed by atoms with Crippen molar-refractivity contribution in [2.45, 2.75) is 25.7 Å².